The first kappa shape index (κ1) is 12.8. The van der Waals surface area contributed by atoms with Gasteiger partial charge in [0.25, 0.3) is 0 Å². The second-order valence-electron chi connectivity index (χ2n) is 2.28. The quantitative estimate of drug-likeness (QED) is 0.378. The van der Waals surface area contributed by atoms with Crippen LogP contribution in [-0.2, 0) is 14.2 Å². The number of hydrogen-bond acceptors (Lipinski definition) is 5. The van der Waals surface area contributed by atoms with Gasteiger partial charge in [0.2, 0.25) is 0 Å². The smallest absolute Gasteiger partial charge is 0.180 e. The largest absolute Gasteiger partial charge is 0.394 e. The topological polar surface area (TPSA) is 68.2 Å². The molecule has 0 radical (unpaired) electrons. The molecule has 0 fully saturated rings. The second-order valence-corrected chi connectivity index (χ2v) is 2.28. The van der Waals surface area contributed by atoms with Crippen LogP contribution >= 0.6 is 0 Å². The molecule has 0 heterocycles. The third kappa shape index (κ3) is 8.14. The van der Waals surface area contributed by atoms with Gasteiger partial charge in [0.15, 0.2) is 6.29 Å². The molecule has 1 atom stereocenters. The molecule has 13 heavy (non-hydrogen) atoms. The Morgan fingerprint density at radius 1 is 1.08 bits per heavy atom. The Labute approximate surface area is 78.2 Å². The summed E-state index contributed by atoms with van der Waals surface area (Å²) in [6, 6.07) is 0. The van der Waals surface area contributed by atoms with Crippen LogP contribution in [0.5, 0.6) is 0 Å². The minimum atomic E-state index is -0.455. The number of rotatable bonds is 9. The Kier molecular flexibility index (Phi) is 9.73. The zero-order valence-corrected chi connectivity index (χ0v) is 7.94. The molecule has 2 N–H and O–H groups in total. The average Bonchev–Trinajstić information content (AvgIpc) is 2.14. The van der Waals surface area contributed by atoms with Gasteiger partial charge < -0.3 is 24.4 Å². The van der Waals surface area contributed by atoms with Crippen LogP contribution in [0.15, 0.2) is 0 Å². The fourth-order valence-electron chi connectivity index (χ4n) is 0.758. The van der Waals surface area contributed by atoms with E-state index in [1.165, 1.54) is 0 Å². The fraction of sp³-hybridized carbons (Fsp3) is 1.00. The highest BCUT2D eigenvalue weighted by molar-refractivity contribution is 4.42. The van der Waals surface area contributed by atoms with Crippen LogP contribution in [0.4, 0.5) is 0 Å². The highest BCUT2D eigenvalue weighted by atomic mass is 16.7. The predicted molar refractivity (Wildman–Crippen MR) is 46.4 cm³/mol. The van der Waals surface area contributed by atoms with Crippen molar-refractivity contribution in [2.24, 2.45) is 0 Å². The highest BCUT2D eigenvalue weighted by Crippen LogP contribution is 1.95. The van der Waals surface area contributed by atoms with Gasteiger partial charge in [-0.05, 0) is 6.92 Å². The maximum atomic E-state index is 8.49. The van der Waals surface area contributed by atoms with E-state index in [1.54, 1.807) is 0 Å². The minimum absolute atomic E-state index is 0.0150. The van der Waals surface area contributed by atoms with E-state index in [1.807, 2.05) is 6.92 Å². The van der Waals surface area contributed by atoms with Gasteiger partial charge in [-0.25, -0.2) is 0 Å². The fourth-order valence-corrected chi connectivity index (χ4v) is 0.758. The third-order valence-corrected chi connectivity index (χ3v) is 1.24. The maximum Gasteiger partial charge on any atom is 0.180 e. The molecule has 0 saturated carbocycles. The molecule has 5 heteroatoms. The molecule has 0 aromatic carbocycles. The van der Waals surface area contributed by atoms with Gasteiger partial charge in [-0.15, -0.1) is 0 Å². The highest BCUT2D eigenvalue weighted by Gasteiger charge is 2.07. The zero-order valence-electron chi connectivity index (χ0n) is 7.94. The summed E-state index contributed by atoms with van der Waals surface area (Å²) >= 11 is 0. The van der Waals surface area contributed by atoms with Crippen molar-refractivity contribution in [3.05, 3.63) is 0 Å². The maximum absolute atomic E-state index is 8.49. The van der Waals surface area contributed by atoms with E-state index < -0.39 is 6.29 Å². The van der Waals surface area contributed by atoms with Crippen LogP contribution in [0.2, 0.25) is 0 Å². The van der Waals surface area contributed by atoms with Gasteiger partial charge in [0, 0.05) is 6.61 Å². The predicted octanol–water partition coefficient (Wildman–Crippen LogP) is -0.633. The van der Waals surface area contributed by atoms with Crippen LogP contribution in [0, 0.1) is 0 Å². The SMILES string of the molecule is CCOC(COCCO)OCCO. The Balaban J connectivity index is 3.41. The molecule has 0 aromatic rings. The Morgan fingerprint density at radius 3 is 2.31 bits per heavy atom. The molecule has 80 valence electrons. The first-order valence-corrected chi connectivity index (χ1v) is 4.37. The summed E-state index contributed by atoms with van der Waals surface area (Å²) in [7, 11) is 0. The van der Waals surface area contributed by atoms with Crippen molar-refractivity contribution >= 4 is 0 Å². The molecule has 0 rings (SSSR count). The summed E-state index contributed by atoms with van der Waals surface area (Å²) in [6.45, 7) is 3.09. The van der Waals surface area contributed by atoms with E-state index in [9.17, 15) is 0 Å². The van der Waals surface area contributed by atoms with Crippen LogP contribution in [0.25, 0.3) is 0 Å². The lowest BCUT2D eigenvalue weighted by Crippen LogP contribution is -2.25. The molecule has 0 amide bonds. The van der Waals surface area contributed by atoms with E-state index in [-0.39, 0.29) is 33.0 Å². The lowest BCUT2D eigenvalue weighted by atomic mass is 10.6. The molecular formula is C8H18O5. The molecule has 0 spiro atoms. The normalized spacial score (nSPS) is 13.2. The minimum Gasteiger partial charge on any atom is -0.394 e. The van der Waals surface area contributed by atoms with Crippen LogP contribution in [0.3, 0.4) is 0 Å². The van der Waals surface area contributed by atoms with Gasteiger partial charge >= 0.3 is 0 Å². The van der Waals surface area contributed by atoms with Gasteiger partial charge in [-0.2, -0.15) is 0 Å². The first-order chi connectivity index (χ1) is 6.35. The Bertz CT molecular complexity index is 98.5. The summed E-state index contributed by atoms with van der Waals surface area (Å²) in [4.78, 5) is 0. The van der Waals surface area contributed by atoms with Crippen molar-refractivity contribution in [1.82, 2.24) is 0 Å². The molecule has 1 unspecified atom stereocenters. The van der Waals surface area contributed by atoms with Gasteiger partial charge in [-0.3, -0.25) is 0 Å². The van der Waals surface area contributed by atoms with Crippen molar-refractivity contribution in [3.63, 3.8) is 0 Å². The average molecular weight is 194 g/mol. The number of aliphatic hydroxyl groups excluding tert-OH is 2. The van der Waals surface area contributed by atoms with E-state index >= 15 is 0 Å². The van der Waals surface area contributed by atoms with Crippen LogP contribution < -0.4 is 0 Å². The van der Waals surface area contributed by atoms with Gasteiger partial charge in [0.1, 0.15) is 0 Å². The lowest BCUT2D eigenvalue weighted by molar-refractivity contribution is -0.174. The van der Waals surface area contributed by atoms with E-state index in [0.29, 0.717) is 6.61 Å². The monoisotopic (exact) mass is 194 g/mol. The molecule has 0 aliphatic rings. The van der Waals surface area contributed by atoms with Crippen molar-refractivity contribution < 1.29 is 24.4 Å². The molecule has 0 aliphatic heterocycles. The van der Waals surface area contributed by atoms with Crippen molar-refractivity contribution in [2.75, 3.05) is 39.6 Å². The van der Waals surface area contributed by atoms with E-state index in [4.69, 9.17) is 24.4 Å². The standard InChI is InChI=1S/C8H18O5/c1-2-12-8(13-6-4-10)7-11-5-3-9/h8-10H,2-7H2,1H3. The summed E-state index contributed by atoms with van der Waals surface area (Å²) in [5.41, 5.74) is 0. The van der Waals surface area contributed by atoms with E-state index in [0.717, 1.165) is 0 Å². The summed E-state index contributed by atoms with van der Waals surface area (Å²) in [5.74, 6) is 0. The molecular weight excluding hydrogens is 176 g/mol. The summed E-state index contributed by atoms with van der Waals surface area (Å²) in [5, 5.41) is 16.9. The Morgan fingerprint density at radius 2 is 1.77 bits per heavy atom. The second kappa shape index (κ2) is 9.88. The number of ether oxygens (including phenoxy) is 3. The molecule has 0 saturated heterocycles. The zero-order chi connectivity index (χ0) is 9.94. The summed E-state index contributed by atoms with van der Waals surface area (Å²) in [6.07, 6.45) is -0.455. The van der Waals surface area contributed by atoms with Gasteiger partial charge in [0.05, 0.1) is 33.0 Å². The third-order valence-electron chi connectivity index (χ3n) is 1.24. The van der Waals surface area contributed by atoms with Crippen LogP contribution in [0.1, 0.15) is 6.92 Å². The molecule has 0 bridgehead atoms. The first-order valence-electron chi connectivity index (χ1n) is 4.37. The molecule has 5 nitrogen and oxygen atoms in total. The van der Waals surface area contributed by atoms with Crippen LogP contribution in [-0.4, -0.2) is 56.1 Å². The molecule has 0 aromatic heterocycles. The van der Waals surface area contributed by atoms with Crippen molar-refractivity contribution in [1.29, 1.82) is 0 Å². The summed E-state index contributed by atoms with van der Waals surface area (Å²) < 4.78 is 15.3. The Hall–Kier alpha value is -0.200. The molecule has 0 aliphatic carbocycles. The van der Waals surface area contributed by atoms with E-state index in [2.05, 4.69) is 0 Å². The van der Waals surface area contributed by atoms with Crippen molar-refractivity contribution in [3.8, 4) is 0 Å². The lowest BCUT2D eigenvalue weighted by Gasteiger charge is -2.16. The van der Waals surface area contributed by atoms with Crippen molar-refractivity contribution in [2.45, 2.75) is 13.2 Å². The van der Waals surface area contributed by atoms with Gasteiger partial charge in [-0.1, -0.05) is 0 Å². The number of aliphatic hydroxyl groups is 2. The number of hydrogen-bond donors (Lipinski definition) is 2.